The van der Waals surface area contributed by atoms with Crippen molar-refractivity contribution in [2.24, 2.45) is 0 Å². The summed E-state index contributed by atoms with van der Waals surface area (Å²) in [5.74, 6) is 0.597. The van der Waals surface area contributed by atoms with Crippen molar-refractivity contribution in [2.45, 2.75) is 22.7 Å². The van der Waals surface area contributed by atoms with Crippen LogP contribution in [-0.4, -0.2) is 45.9 Å². The van der Waals surface area contributed by atoms with Gasteiger partial charge in [-0.2, -0.15) is 0 Å². The Balaban J connectivity index is 1.61. The average Bonchev–Trinajstić information content (AvgIpc) is 3.07. The third kappa shape index (κ3) is 3.05. The Labute approximate surface area is 125 Å². The average molecular weight is 309 g/mol. The van der Waals surface area contributed by atoms with Crippen LogP contribution < -0.4 is 0 Å². The molecule has 0 radical (unpaired) electrons. The van der Waals surface area contributed by atoms with Crippen molar-refractivity contribution in [3.63, 3.8) is 0 Å². The minimum atomic E-state index is -0.795. The fourth-order valence-corrected chi connectivity index (χ4v) is 3.97. The van der Waals surface area contributed by atoms with Gasteiger partial charge >= 0.3 is 0 Å². The molecule has 3 rings (SSSR count). The number of aliphatic hydroxyl groups is 2. The van der Waals surface area contributed by atoms with Crippen LogP contribution in [0, 0.1) is 0 Å². The number of thiazole rings is 1. The van der Waals surface area contributed by atoms with Crippen LogP contribution in [0.3, 0.4) is 0 Å². The number of aliphatic hydroxyl groups excluding tert-OH is 2. The topological polar surface area (TPSA) is 62.6 Å². The standard InChI is InChI=1S/C14H15NO3S2/c16-11-6-18-12(13(11)17)8-20-14-15-10(7-19-14)9-4-2-1-3-5-9/h1-5,7,11-13,16-17H,6,8H2. The van der Waals surface area contributed by atoms with Crippen LogP contribution in [0.2, 0.25) is 0 Å². The monoisotopic (exact) mass is 309 g/mol. The van der Waals surface area contributed by atoms with Gasteiger partial charge in [0.1, 0.15) is 12.2 Å². The van der Waals surface area contributed by atoms with Gasteiger partial charge in [-0.05, 0) is 0 Å². The summed E-state index contributed by atoms with van der Waals surface area (Å²) >= 11 is 3.13. The van der Waals surface area contributed by atoms with Crippen molar-refractivity contribution in [3.8, 4) is 11.3 Å². The third-order valence-electron chi connectivity index (χ3n) is 3.18. The molecule has 1 saturated heterocycles. The molecule has 20 heavy (non-hydrogen) atoms. The summed E-state index contributed by atoms with van der Waals surface area (Å²) in [4.78, 5) is 4.57. The SMILES string of the molecule is OC1COC(CSc2nc(-c3ccccc3)cs2)C1O. The van der Waals surface area contributed by atoms with E-state index in [-0.39, 0.29) is 12.7 Å². The molecule has 1 aromatic carbocycles. The van der Waals surface area contributed by atoms with E-state index in [1.165, 1.54) is 0 Å². The maximum absolute atomic E-state index is 9.71. The van der Waals surface area contributed by atoms with Crippen molar-refractivity contribution < 1.29 is 14.9 Å². The van der Waals surface area contributed by atoms with E-state index in [1.807, 2.05) is 35.7 Å². The first-order valence-electron chi connectivity index (χ1n) is 6.35. The molecule has 3 atom stereocenters. The lowest BCUT2D eigenvalue weighted by Gasteiger charge is -2.13. The number of aromatic nitrogens is 1. The van der Waals surface area contributed by atoms with E-state index >= 15 is 0 Å². The van der Waals surface area contributed by atoms with E-state index in [4.69, 9.17) is 4.74 Å². The van der Waals surface area contributed by atoms with Crippen LogP contribution in [0.5, 0.6) is 0 Å². The first-order valence-corrected chi connectivity index (χ1v) is 8.22. The lowest BCUT2D eigenvalue weighted by atomic mass is 10.2. The molecule has 1 fully saturated rings. The van der Waals surface area contributed by atoms with Crippen molar-refractivity contribution in [2.75, 3.05) is 12.4 Å². The Morgan fingerprint density at radius 2 is 2.10 bits per heavy atom. The molecule has 0 saturated carbocycles. The highest BCUT2D eigenvalue weighted by atomic mass is 32.2. The van der Waals surface area contributed by atoms with Gasteiger partial charge in [-0.3, -0.25) is 0 Å². The maximum Gasteiger partial charge on any atom is 0.150 e. The van der Waals surface area contributed by atoms with Gasteiger partial charge < -0.3 is 14.9 Å². The normalized spacial score (nSPS) is 26.0. The van der Waals surface area contributed by atoms with Crippen LogP contribution in [0.15, 0.2) is 40.1 Å². The summed E-state index contributed by atoms with van der Waals surface area (Å²) < 4.78 is 6.29. The molecule has 0 amide bonds. The molecule has 2 aromatic rings. The summed E-state index contributed by atoms with van der Waals surface area (Å²) in [5, 5.41) is 21.2. The highest BCUT2D eigenvalue weighted by molar-refractivity contribution is 8.01. The fraction of sp³-hybridized carbons (Fsp3) is 0.357. The van der Waals surface area contributed by atoms with Crippen LogP contribution in [-0.2, 0) is 4.74 Å². The maximum atomic E-state index is 9.71. The van der Waals surface area contributed by atoms with Gasteiger partial charge in [0, 0.05) is 16.7 Å². The van der Waals surface area contributed by atoms with E-state index in [0.29, 0.717) is 5.75 Å². The lowest BCUT2D eigenvalue weighted by Crippen LogP contribution is -2.31. The number of ether oxygens (including phenoxy) is 1. The van der Waals surface area contributed by atoms with E-state index in [1.54, 1.807) is 23.1 Å². The van der Waals surface area contributed by atoms with Gasteiger partial charge in [0.05, 0.1) is 18.4 Å². The molecule has 3 unspecified atom stereocenters. The zero-order valence-electron chi connectivity index (χ0n) is 10.7. The van der Waals surface area contributed by atoms with E-state index < -0.39 is 12.2 Å². The second-order valence-electron chi connectivity index (χ2n) is 4.61. The van der Waals surface area contributed by atoms with Crippen LogP contribution in [0.25, 0.3) is 11.3 Å². The number of benzene rings is 1. The lowest BCUT2D eigenvalue weighted by molar-refractivity contribution is 0.0337. The number of hydrogen-bond acceptors (Lipinski definition) is 6. The molecule has 6 heteroatoms. The largest absolute Gasteiger partial charge is 0.388 e. The van der Waals surface area contributed by atoms with Crippen molar-refractivity contribution in [1.29, 1.82) is 0 Å². The number of nitrogens with zero attached hydrogens (tertiary/aromatic N) is 1. The zero-order valence-corrected chi connectivity index (χ0v) is 12.3. The van der Waals surface area contributed by atoms with Gasteiger partial charge in [-0.25, -0.2) is 4.98 Å². The smallest absolute Gasteiger partial charge is 0.150 e. The Bertz CT molecular complexity index is 561. The molecule has 1 aliphatic rings. The summed E-state index contributed by atoms with van der Waals surface area (Å²) in [6.45, 7) is 0.208. The molecule has 1 aliphatic heterocycles. The van der Waals surface area contributed by atoms with Crippen molar-refractivity contribution in [1.82, 2.24) is 4.98 Å². The summed E-state index contributed by atoms with van der Waals surface area (Å²) in [6, 6.07) is 10.0. The summed E-state index contributed by atoms with van der Waals surface area (Å²) in [5.41, 5.74) is 2.06. The summed E-state index contributed by atoms with van der Waals surface area (Å²) in [7, 11) is 0. The predicted octanol–water partition coefficient (Wildman–Crippen LogP) is 2.02. The minimum absolute atomic E-state index is 0.208. The molecule has 4 nitrogen and oxygen atoms in total. The Morgan fingerprint density at radius 3 is 2.80 bits per heavy atom. The van der Waals surface area contributed by atoms with Gasteiger partial charge in [0.25, 0.3) is 0 Å². The Kier molecular flexibility index (Phi) is 4.38. The van der Waals surface area contributed by atoms with Crippen LogP contribution >= 0.6 is 23.1 Å². The minimum Gasteiger partial charge on any atom is -0.388 e. The molecule has 1 aromatic heterocycles. The number of hydrogen-bond donors (Lipinski definition) is 2. The summed E-state index contributed by atoms with van der Waals surface area (Å²) in [6.07, 6.45) is -1.88. The quantitative estimate of drug-likeness (QED) is 0.846. The third-order valence-corrected chi connectivity index (χ3v) is 5.29. The predicted molar refractivity (Wildman–Crippen MR) is 80.0 cm³/mol. The first kappa shape index (κ1) is 14.0. The molecule has 2 N–H and O–H groups in total. The van der Waals surface area contributed by atoms with Gasteiger partial charge in [0.15, 0.2) is 4.34 Å². The molecular formula is C14H15NO3S2. The van der Waals surface area contributed by atoms with Crippen molar-refractivity contribution >= 4 is 23.1 Å². The number of rotatable bonds is 4. The zero-order chi connectivity index (χ0) is 13.9. The first-order chi connectivity index (χ1) is 9.74. The van der Waals surface area contributed by atoms with E-state index in [9.17, 15) is 10.2 Å². The molecule has 2 heterocycles. The number of thioether (sulfide) groups is 1. The molecule has 0 aliphatic carbocycles. The fourth-order valence-electron chi connectivity index (χ4n) is 2.03. The second kappa shape index (κ2) is 6.24. The highest BCUT2D eigenvalue weighted by Crippen LogP contribution is 2.30. The van der Waals surface area contributed by atoms with E-state index in [2.05, 4.69) is 4.98 Å². The highest BCUT2D eigenvalue weighted by Gasteiger charge is 2.34. The Morgan fingerprint density at radius 1 is 1.30 bits per heavy atom. The van der Waals surface area contributed by atoms with Crippen LogP contribution in [0.4, 0.5) is 0 Å². The molecule has 106 valence electrons. The molecule has 0 spiro atoms. The second-order valence-corrected chi connectivity index (χ2v) is 6.73. The molecular weight excluding hydrogens is 294 g/mol. The molecule has 0 bridgehead atoms. The van der Waals surface area contributed by atoms with Gasteiger partial charge in [-0.1, -0.05) is 42.1 Å². The van der Waals surface area contributed by atoms with Crippen LogP contribution in [0.1, 0.15) is 0 Å². The van der Waals surface area contributed by atoms with E-state index in [0.717, 1.165) is 15.6 Å². The van der Waals surface area contributed by atoms with Gasteiger partial charge in [0.2, 0.25) is 0 Å². The van der Waals surface area contributed by atoms with Gasteiger partial charge in [-0.15, -0.1) is 11.3 Å². The Hall–Kier alpha value is -0.920. The van der Waals surface area contributed by atoms with Crippen molar-refractivity contribution in [3.05, 3.63) is 35.7 Å².